The van der Waals surface area contributed by atoms with Crippen LogP contribution in [0.15, 0.2) is 49.1 Å². The number of carboxylic acid groups (broad SMARTS) is 1. The number of hydrogen-bond donors (Lipinski definition) is 2. The van der Waals surface area contributed by atoms with E-state index in [9.17, 15) is 22.7 Å². The van der Waals surface area contributed by atoms with Crippen molar-refractivity contribution in [1.29, 1.82) is 0 Å². The molecule has 3 heterocycles. The van der Waals surface area contributed by atoms with E-state index in [-0.39, 0.29) is 23.9 Å². The minimum Gasteiger partial charge on any atom is -0.465 e. The lowest BCUT2D eigenvalue weighted by atomic mass is 10.1. The lowest BCUT2D eigenvalue weighted by Gasteiger charge is -2.34. The number of amides is 1. The Labute approximate surface area is 224 Å². The number of carbonyl (C=O) groups is 1. The molecule has 1 aliphatic rings. The highest BCUT2D eigenvalue weighted by atomic mass is 35.5. The first-order valence-corrected chi connectivity index (χ1v) is 14.0. The van der Waals surface area contributed by atoms with E-state index in [0.29, 0.717) is 55.3 Å². The van der Waals surface area contributed by atoms with Crippen LogP contribution >= 0.6 is 11.6 Å². The number of hydrogen-bond acceptors (Lipinski definition) is 8. The highest BCUT2D eigenvalue weighted by Gasteiger charge is 2.30. The number of anilines is 1. The SMILES string of the molecule is O=C(O)NC(CCCc1ncccn1)CS(=O)(=O)N1CCN(c2ncc(-c3ccc(F)cc3Cl)cn2)CC1. The van der Waals surface area contributed by atoms with Gasteiger partial charge in [0, 0.05) is 74.6 Å². The molecule has 38 heavy (non-hydrogen) atoms. The topological polar surface area (TPSA) is 142 Å². The zero-order valence-corrected chi connectivity index (χ0v) is 21.9. The minimum atomic E-state index is -3.72. The summed E-state index contributed by atoms with van der Waals surface area (Å²) in [4.78, 5) is 30.2. The highest BCUT2D eigenvalue weighted by Crippen LogP contribution is 2.28. The molecule has 0 bridgehead atoms. The summed E-state index contributed by atoms with van der Waals surface area (Å²) in [5.74, 6) is 0.295. The van der Waals surface area contributed by atoms with Crippen LogP contribution in [-0.4, -0.2) is 81.8 Å². The molecule has 0 aliphatic carbocycles. The van der Waals surface area contributed by atoms with Crippen molar-refractivity contribution in [3.05, 3.63) is 65.7 Å². The molecule has 1 fully saturated rings. The largest absolute Gasteiger partial charge is 0.465 e. The van der Waals surface area contributed by atoms with Gasteiger partial charge in [-0.2, -0.15) is 4.31 Å². The molecule has 1 aliphatic heterocycles. The number of halogens is 2. The van der Waals surface area contributed by atoms with Gasteiger partial charge in [0.25, 0.3) is 0 Å². The number of nitrogens with one attached hydrogen (secondary N) is 1. The van der Waals surface area contributed by atoms with Gasteiger partial charge in [0.15, 0.2) is 0 Å². The maximum Gasteiger partial charge on any atom is 0.404 e. The standard InChI is InChI=1S/C24H27ClFN7O4S/c25-21-13-18(26)5-6-20(21)17-14-29-23(30-15-17)32-9-11-33(12-10-32)38(36,37)16-19(31-24(34)35)3-1-4-22-27-7-2-8-28-22/h2,5-8,13-15,19,31H,1,3-4,9-12,16H2,(H,34,35). The third kappa shape index (κ3) is 7.33. The van der Waals surface area contributed by atoms with Crippen molar-refractivity contribution in [1.82, 2.24) is 29.6 Å². The maximum absolute atomic E-state index is 13.3. The summed E-state index contributed by atoms with van der Waals surface area (Å²) in [6.07, 6.45) is 6.55. The molecule has 4 rings (SSSR count). The van der Waals surface area contributed by atoms with E-state index >= 15 is 0 Å². The van der Waals surface area contributed by atoms with Crippen molar-refractivity contribution in [2.75, 3.05) is 36.8 Å². The smallest absolute Gasteiger partial charge is 0.404 e. The van der Waals surface area contributed by atoms with Crippen LogP contribution in [0, 0.1) is 5.82 Å². The molecule has 0 radical (unpaired) electrons. The van der Waals surface area contributed by atoms with Gasteiger partial charge in [0.2, 0.25) is 16.0 Å². The lowest BCUT2D eigenvalue weighted by Crippen LogP contribution is -2.52. The van der Waals surface area contributed by atoms with E-state index in [1.807, 2.05) is 4.90 Å². The fourth-order valence-corrected chi connectivity index (χ4v) is 6.18. The summed E-state index contributed by atoms with van der Waals surface area (Å²) >= 11 is 6.12. The zero-order chi connectivity index (χ0) is 27.1. The summed E-state index contributed by atoms with van der Waals surface area (Å²) in [5.41, 5.74) is 1.24. The van der Waals surface area contributed by atoms with Gasteiger partial charge < -0.3 is 15.3 Å². The Hall–Kier alpha value is -3.42. The highest BCUT2D eigenvalue weighted by molar-refractivity contribution is 7.89. The fourth-order valence-electron chi connectivity index (χ4n) is 4.21. The molecule has 3 aromatic rings. The van der Waals surface area contributed by atoms with E-state index in [1.54, 1.807) is 36.9 Å². The zero-order valence-electron chi connectivity index (χ0n) is 20.4. The summed E-state index contributed by atoms with van der Waals surface area (Å²) < 4.78 is 40.9. The summed E-state index contributed by atoms with van der Waals surface area (Å²) in [7, 11) is -3.72. The van der Waals surface area contributed by atoms with Crippen molar-refractivity contribution in [2.45, 2.75) is 25.3 Å². The van der Waals surface area contributed by atoms with Gasteiger partial charge in [0.05, 0.1) is 10.8 Å². The Bertz CT molecular complexity index is 1340. The Morgan fingerprint density at radius 1 is 1.11 bits per heavy atom. The van der Waals surface area contributed by atoms with Crippen molar-refractivity contribution in [3.63, 3.8) is 0 Å². The Balaban J connectivity index is 1.32. The van der Waals surface area contributed by atoms with Crippen molar-refractivity contribution in [3.8, 4) is 11.1 Å². The number of piperazine rings is 1. The predicted molar refractivity (Wildman–Crippen MR) is 140 cm³/mol. The normalized spacial score (nSPS) is 15.3. The predicted octanol–water partition coefficient (Wildman–Crippen LogP) is 2.84. The molecule has 2 aromatic heterocycles. The third-order valence-electron chi connectivity index (χ3n) is 6.11. The quantitative estimate of drug-likeness (QED) is 0.381. The lowest BCUT2D eigenvalue weighted by molar-refractivity contribution is 0.190. The summed E-state index contributed by atoms with van der Waals surface area (Å²) in [5, 5.41) is 11.8. The molecular formula is C24H27ClFN7O4S. The molecular weight excluding hydrogens is 537 g/mol. The van der Waals surface area contributed by atoms with Gasteiger partial charge in [0.1, 0.15) is 11.6 Å². The molecule has 1 amide bonds. The summed E-state index contributed by atoms with van der Waals surface area (Å²) in [6.45, 7) is 1.18. The van der Waals surface area contributed by atoms with Crippen molar-refractivity contribution in [2.24, 2.45) is 0 Å². The van der Waals surface area contributed by atoms with E-state index < -0.39 is 28.0 Å². The third-order valence-corrected chi connectivity index (χ3v) is 8.40. The van der Waals surface area contributed by atoms with Crippen LogP contribution in [-0.2, 0) is 16.4 Å². The van der Waals surface area contributed by atoms with Gasteiger partial charge in [-0.05, 0) is 37.1 Å². The number of benzene rings is 1. The number of nitrogens with zero attached hydrogens (tertiary/aromatic N) is 6. The minimum absolute atomic E-state index is 0.217. The molecule has 14 heteroatoms. The van der Waals surface area contributed by atoms with Crippen LogP contribution in [0.4, 0.5) is 15.1 Å². The molecule has 1 saturated heterocycles. The monoisotopic (exact) mass is 563 g/mol. The first kappa shape index (κ1) is 27.6. The second kappa shape index (κ2) is 12.4. The molecule has 1 unspecified atom stereocenters. The Kier molecular flexibility index (Phi) is 9.02. The molecule has 0 spiro atoms. The second-order valence-corrected chi connectivity index (χ2v) is 11.2. The maximum atomic E-state index is 13.3. The van der Waals surface area contributed by atoms with Gasteiger partial charge in [-0.25, -0.2) is 37.5 Å². The van der Waals surface area contributed by atoms with E-state index in [0.717, 1.165) is 0 Å². The van der Waals surface area contributed by atoms with Gasteiger partial charge in [-0.15, -0.1) is 0 Å². The first-order chi connectivity index (χ1) is 18.2. The molecule has 202 valence electrons. The Morgan fingerprint density at radius 3 is 2.42 bits per heavy atom. The number of sulfonamides is 1. The van der Waals surface area contributed by atoms with Crippen LogP contribution in [0.2, 0.25) is 5.02 Å². The van der Waals surface area contributed by atoms with Gasteiger partial charge >= 0.3 is 6.09 Å². The van der Waals surface area contributed by atoms with Crippen LogP contribution < -0.4 is 10.2 Å². The Morgan fingerprint density at radius 2 is 1.79 bits per heavy atom. The van der Waals surface area contributed by atoms with E-state index in [1.165, 1.54) is 16.4 Å². The average Bonchev–Trinajstić information content (AvgIpc) is 2.89. The van der Waals surface area contributed by atoms with Gasteiger partial charge in [-0.3, -0.25) is 0 Å². The molecule has 11 nitrogen and oxygen atoms in total. The fraction of sp³-hybridized carbons (Fsp3) is 0.375. The van der Waals surface area contributed by atoms with E-state index in [4.69, 9.17) is 11.6 Å². The molecule has 1 aromatic carbocycles. The van der Waals surface area contributed by atoms with Crippen LogP contribution in [0.1, 0.15) is 18.7 Å². The number of rotatable bonds is 10. The van der Waals surface area contributed by atoms with Gasteiger partial charge in [-0.1, -0.05) is 11.6 Å². The van der Waals surface area contributed by atoms with Crippen LogP contribution in [0.3, 0.4) is 0 Å². The van der Waals surface area contributed by atoms with Crippen LogP contribution in [0.5, 0.6) is 0 Å². The number of aryl methyl sites for hydroxylation is 1. The second-order valence-electron chi connectivity index (χ2n) is 8.76. The van der Waals surface area contributed by atoms with Crippen molar-refractivity contribution >= 4 is 33.7 Å². The molecule has 0 saturated carbocycles. The number of aromatic nitrogens is 4. The van der Waals surface area contributed by atoms with E-state index in [2.05, 4.69) is 25.3 Å². The molecule has 1 atom stereocenters. The summed E-state index contributed by atoms with van der Waals surface area (Å²) in [6, 6.07) is 5.03. The van der Waals surface area contributed by atoms with Crippen molar-refractivity contribution < 1.29 is 22.7 Å². The average molecular weight is 564 g/mol. The van der Waals surface area contributed by atoms with Crippen LogP contribution in [0.25, 0.3) is 11.1 Å². The first-order valence-electron chi connectivity index (χ1n) is 12.0. The molecule has 2 N–H and O–H groups in total.